The minimum Gasteiger partial charge on any atom is -0.376 e. The zero-order valence-corrected chi connectivity index (χ0v) is 13.3. The predicted molar refractivity (Wildman–Crippen MR) is 83.7 cm³/mol. The van der Waals surface area contributed by atoms with Gasteiger partial charge in [0.25, 0.3) is 0 Å². The first-order chi connectivity index (χ1) is 9.49. The van der Waals surface area contributed by atoms with Crippen LogP contribution in [0.4, 0.5) is 5.69 Å². The first-order valence-electron chi connectivity index (χ1n) is 6.50. The van der Waals surface area contributed by atoms with Gasteiger partial charge in [-0.3, -0.25) is 9.59 Å². The Labute approximate surface area is 127 Å². The Hall–Kier alpha value is -1.56. The minimum atomic E-state index is -0.0601. The van der Waals surface area contributed by atoms with Crippen molar-refractivity contribution in [3.63, 3.8) is 0 Å². The zero-order valence-electron chi connectivity index (χ0n) is 11.8. The van der Waals surface area contributed by atoms with Gasteiger partial charge >= 0.3 is 0 Å². The lowest BCUT2D eigenvalue weighted by Crippen LogP contribution is -2.32. The Kier molecular flexibility index (Phi) is 7.08. The second kappa shape index (κ2) is 8.58. The van der Waals surface area contributed by atoms with Crippen molar-refractivity contribution in [2.75, 3.05) is 25.0 Å². The van der Waals surface area contributed by atoms with Crippen LogP contribution in [-0.4, -0.2) is 31.4 Å². The summed E-state index contributed by atoms with van der Waals surface area (Å²) in [6, 6.07) is 5.86. The summed E-state index contributed by atoms with van der Waals surface area (Å²) in [6.07, 6.45) is 0.725. The average Bonchev–Trinajstić information content (AvgIpc) is 2.37. The monoisotopic (exact) mass is 341 g/mol. The Morgan fingerprint density at radius 1 is 1.20 bits per heavy atom. The molecule has 20 heavy (non-hydrogen) atoms. The largest absolute Gasteiger partial charge is 0.376 e. The van der Waals surface area contributed by atoms with Gasteiger partial charge in [-0.25, -0.2) is 0 Å². The number of rotatable bonds is 7. The summed E-state index contributed by atoms with van der Waals surface area (Å²) in [5, 5.41) is 8.57. The van der Waals surface area contributed by atoms with Crippen molar-refractivity contribution in [2.45, 2.75) is 20.3 Å². The average molecular weight is 342 g/mol. The van der Waals surface area contributed by atoms with Crippen LogP contribution < -0.4 is 16.0 Å². The van der Waals surface area contributed by atoms with Crippen molar-refractivity contribution in [1.29, 1.82) is 0 Å². The van der Waals surface area contributed by atoms with E-state index in [2.05, 4.69) is 31.9 Å². The van der Waals surface area contributed by atoms with Gasteiger partial charge in [0.05, 0.1) is 6.54 Å². The van der Waals surface area contributed by atoms with Gasteiger partial charge in [-0.15, -0.1) is 0 Å². The lowest BCUT2D eigenvalue weighted by Gasteiger charge is -2.10. The molecule has 0 aromatic heterocycles. The molecule has 1 aromatic carbocycles. The van der Waals surface area contributed by atoms with E-state index in [0.29, 0.717) is 13.1 Å². The fourth-order valence-electron chi connectivity index (χ4n) is 1.64. The highest BCUT2D eigenvalue weighted by Gasteiger charge is 2.03. The SMILES string of the molecule is CC(=O)NCCCNC(=O)CNc1ccc(Br)cc1C. The molecule has 0 fully saturated rings. The van der Waals surface area contributed by atoms with Crippen molar-refractivity contribution < 1.29 is 9.59 Å². The molecule has 0 saturated carbocycles. The maximum absolute atomic E-state index is 11.6. The van der Waals surface area contributed by atoms with Crippen LogP contribution in [0.1, 0.15) is 18.9 Å². The van der Waals surface area contributed by atoms with Crippen LogP contribution in [-0.2, 0) is 9.59 Å². The summed E-state index contributed by atoms with van der Waals surface area (Å²) >= 11 is 3.40. The van der Waals surface area contributed by atoms with E-state index < -0.39 is 0 Å². The van der Waals surface area contributed by atoms with Gasteiger partial charge in [0.15, 0.2) is 0 Å². The summed E-state index contributed by atoms with van der Waals surface area (Å²) in [5.74, 6) is -0.112. The van der Waals surface area contributed by atoms with E-state index in [0.717, 1.165) is 22.1 Å². The van der Waals surface area contributed by atoms with Crippen LogP contribution in [0, 0.1) is 6.92 Å². The van der Waals surface area contributed by atoms with Crippen molar-refractivity contribution >= 4 is 33.4 Å². The van der Waals surface area contributed by atoms with Crippen LogP contribution in [0.3, 0.4) is 0 Å². The fourth-order valence-corrected chi connectivity index (χ4v) is 2.12. The Morgan fingerprint density at radius 2 is 1.90 bits per heavy atom. The van der Waals surface area contributed by atoms with E-state index in [1.165, 1.54) is 6.92 Å². The van der Waals surface area contributed by atoms with E-state index in [1.807, 2.05) is 25.1 Å². The highest BCUT2D eigenvalue weighted by molar-refractivity contribution is 9.10. The number of carbonyl (C=O) groups excluding carboxylic acids is 2. The molecular weight excluding hydrogens is 322 g/mol. The van der Waals surface area contributed by atoms with Crippen molar-refractivity contribution in [3.05, 3.63) is 28.2 Å². The number of aryl methyl sites for hydroxylation is 1. The maximum Gasteiger partial charge on any atom is 0.239 e. The van der Waals surface area contributed by atoms with E-state index in [-0.39, 0.29) is 18.4 Å². The predicted octanol–water partition coefficient (Wildman–Crippen LogP) is 1.81. The maximum atomic E-state index is 11.6. The molecule has 1 aromatic rings. The lowest BCUT2D eigenvalue weighted by atomic mass is 10.2. The number of hydrogen-bond acceptors (Lipinski definition) is 3. The van der Waals surface area contributed by atoms with E-state index in [1.54, 1.807) is 0 Å². The third kappa shape index (κ3) is 6.56. The van der Waals surface area contributed by atoms with Crippen LogP contribution in [0.5, 0.6) is 0 Å². The third-order valence-electron chi connectivity index (χ3n) is 2.68. The molecule has 0 saturated heterocycles. The number of hydrogen-bond donors (Lipinski definition) is 3. The first-order valence-corrected chi connectivity index (χ1v) is 7.29. The quantitative estimate of drug-likeness (QED) is 0.662. The van der Waals surface area contributed by atoms with Crippen LogP contribution in [0.25, 0.3) is 0 Å². The number of carbonyl (C=O) groups is 2. The molecule has 0 aliphatic heterocycles. The van der Waals surface area contributed by atoms with Gasteiger partial charge in [-0.05, 0) is 37.1 Å². The molecule has 0 radical (unpaired) electrons. The molecule has 0 aliphatic carbocycles. The number of anilines is 1. The molecule has 110 valence electrons. The van der Waals surface area contributed by atoms with E-state index >= 15 is 0 Å². The van der Waals surface area contributed by atoms with E-state index in [9.17, 15) is 9.59 Å². The van der Waals surface area contributed by atoms with Crippen LogP contribution in [0.15, 0.2) is 22.7 Å². The highest BCUT2D eigenvalue weighted by Crippen LogP contribution is 2.19. The molecule has 0 aliphatic rings. The fraction of sp³-hybridized carbons (Fsp3) is 0.429. The topological polar surface area (TPSA) is 70.2 Å². The minimum absolute atomic E-state index is 0.0521. The van der Waals surface area contributed by atoms with Gasteiger partial charge in [-0.2, -0.15) is 0 Å². The normalized spacial score (nSPS) is 9.95. The standard InChI is InChI=1S/C14H20BrN3O2/c1-10-8-12(15)4-5-13(10)18-9-14(20)17-7-3-6-16-11(2)19/h4-5,8,18H,3,6-7,9H2,1-2H3,(H,16,19)(H,17,20). The summed E-state index contributed by atoms with van der Waals surface area (Å²) in [5.41, 5.74) is 2.03. The Balaban J connectivity index is 2.21. The second-order valence-corrected chi connectivity index (χ2v) is 5.41. The molecule has 0 bridgehead atoms. The first kappa shape index (κ1) is 16.5. The molecule has 2 amide bonds. The van der Waals surface area contributed by atoms with E-state index in [4.69, 9.17) is 0 Å². The van der Waals surface area contributed by atoms with Gasteiger partial charge < -0.3 is 16.0 Å². The molecule has 5 nitrogen and oxygen atoms in total. The van der Waals surface area contributed by atoms with Crippen LogP contribution >= 0.6 is 15.9 Å². The molecule has 0 spiro atoms. The molecular formula is C14H20BrN3O2. The third-order valence-corrected chi connectivity index (χ3v) is 3.17. The summed E-state index contributed by atoms with van der Waals surface area (Å²) in [6.45, 7) is 4.83. The molecule has 6 heteroatoms. The summed E-state index contributed by atoms with van der Waals surface area (Å²) in [7, 11) is 0. The molecule has 0 heterocycles. The van der Waals surface area contributed by atoms with Crippen molar-refractivity contribution in [1.82, 2.24) is 10.6 Å². The van der Waals surface area contributed by atoms with Gasteiger partial charge in [0, 0.05) is 30.2 Å². The number of benzene rings is 1. The number of halogens is 1. The molecule has 0 atom stereocenters. The van der Waals surface area contributed by atoms with Gasteiger partial charge in [0.1, 0.15) is 0 Å². The zero-order chi connectivity index (χ0) is 15.0. The van der Waals surface area contributed by atoms with Crippen molar-refractivity contribution in [3.8, 4) is 0 Å². The van der Waals surface area contributed by atoms with Crippen LogP contribution in [0.2, 0.25) is 0 Å². The molecule has 0 unspecified atom stereocenters. The second-order valence-electron chi connectivity index (χ2n) is 4.50. The van der Waals surface area contributed by atoms with Gasteiger partial charge in [0.2, 0.25) is 11.8 Å². The number of amides is 2. The summed E-state index contributed by atoms with van der Waals surface area (Å²) < 4.78 is 1.02. The molecule has 3 N–H and O–H groups in total. The van der Waals surface area contributed by atoms with Crippen molar-refractivity contribution in [2.24, 2.45) is 0 Å². The Bertz CT molecular complexity index is 477. The summed E-state index contributed by atoms with van der Waals surface area (Å²) in [4.78, 5) is 22.3. The lowest BCUT2D eigenvalue weighted by molar-refractivity contribution is -0.119. The molecule has 1 rings (SSSR count). The van der Waals surface area contributed by atoms with Gasteiger partial charge in [-0.1, -0.05) is 15.9 Å². The smallest absolute Gasteiger partial charge is 0.239 e. The number of nitrogens with one attached hydrogen (secondary N) is 3. The highest BCUT2D eigenvalue weighted by atomic mass is 79.9. The Morgan fingerprint density at radius 3 is 2.55 bits per heavy atom.